The zero-order valence-electron chi connectivity index (χ0n) is 21.5. The van der Waals surface area contributed by atoms with Crippen molar-refractivity contribution in [1.29, 1.82) is 0 Å². The van der Waals surface area contributed by atoms with E-state index in [4.69, 9.17) is 18.2 Å². The van der Waals surface area contributed by atoms with Crippen LogP contribution in [0, 0.1) is 12.4 Å². The Morgan fingerprint density at radius 3 is 2.58 bits per heavy atom. The lowest BCUT2D eigenvalue weighted by Crippen LogP contribution is -2.58. The predicted molar refractivity (Wildman–Crippen MR) is 148 cm³/mol. The predicted octanol–water partition coefficient (Wildman–Crippen LogP) is 5.75. The number of pyridine rings is 3. The van der Waals surface area contributed by atoms with E-state index in [0.717, 1.165) is 23.4 Å². The lowest BCUT2D eigenvalue weighted by atomic mass is 9.95. The van der Waals surface area contributed by atoms with Gasteiger partial charge in [0.15, 0.2) is 0 Å². The van der Waals surface area contributed by atoms with Crippen LogP contribution in [0.2, 0.25) is 5.02 Å². The highest BCUT2D eigenvalue weighted by Crippen LogP contribution is 2.36. The monoisotopic (exact) mass is 530 g/mol. The van der Waals surface area contributed by atoms with Crippen LogP contribution in [-0.2, 0) is 7.05 Å². The molecule has 1 aliphatic rings. The summed E-state index contributed by atoms with van der Waals surface area (Å²) in [5, 5.41) is 0.646. The van der Waals surface area contributed by atoms with Crippen LogP contribution in [0.4, 0.5) is 15.9 Å². The molecule has 5 rings (SSSR count). The number of halogens is 2. The first kappa shape index (κ1) is 25.8. The molecule has 4 heterocycles. The summed E-state index contributed by atoms with van der Waals surface area (Å²) < 4.78 is 15.3. The van der Waals surface area contributed by atoms with Crippen molar-refractivity contribution in [2.24, 2.45) is 7.05 Å². The Labute approximate surface area is 225 Å². The van der Waals surface area contributed by atoms with Crippen molar-refractivity contribution < 1.29 is 4.39 Å². The van der Waals surface area contributed by atoms with Crippen LogP contribution in [0.1, 0.15) is 37.6 Å². The van der Waals surface area contributed by atoms with E-state index in [1.165, 1.54) is 12.3 Å². The number of rotatable bonds is 5. The van der Waals surface area contributed by atoms with Gasteiger partial charge in [-0.25, -0.2) is 4.39 Å². The van der Waals surface area contributed by atoms with Crippen LogP contribution in [0.25, 0.3) is 15.9 Å². The summed E-state index contributed by atoms with van der Waals surface area (Å²) in [5.41, 5.74) is 3.74. The Bertz CT molecular complexity index is 1520. The third kappa shape index (κ3) is 4.75. The maximum Gasteiger partial charge on any atom is 0.270 e. The molecule has 0 amide bonds. The number of aromatic nitrogens is 3. The van der Waals surface area contributed by atoms with Gasteiger partial charge in [-0.05, 0) is 55.3 Å². The molecule has 0 bridgehead atoms. The molecule has 1 saturated heterocycles. The van der Waals surface area contributed by atoms with E-state index in [1.807, 2.05) is 24.3 Å². The second-order valence-corrected chi connectivity index (χ2v) is 10.1. The molecule has 1 fully saturated rings. The highest BCUT2D eigenvalue weighted by molar-refractivity contribution is 6.30. The molecule has 1 aliphatic heterocycles. The highest BCUT2D eigenvalue weighted by atomic mass is 35.5. The van der Waals surface area contributed by atoms with Crippen LogP contribution in [0.3, 0.4) is 0 Å². The second-order valence-electron chi connectivity index (χ2n) is 9.69. The molecule has 0 aliphatic carbocycles. The summed E-state index contributed by atoms with van der Waals surface area (Å²) in [6, 6.07) is 15.8. The van der Waals surface area contributed by atoms with Crippen molar-refractivity contribution in [3.05, 3.63) is 105 Å². The zero-order valence-corrected chi connectivity index (χ0v) is 22.2. The van der Waals surface area contributed by atoms with Gasteiger partial charge in [-0.1, -0.05) is 37.2 Å². The molecule has 7 nitrogen and oxygen atoms in total. The Kier molecular flexibility index (Phi) is 7.15. The van der Waals surface area contributed by atoms with Crippen molar-refractivity contribution in [1.82, 2.24) is 19.4 Å². The van der Waals surface area contributed by atoms with Gasteiger partial charge < -0.3 is 14.3 Å². The first-order valence-corrected chi connectivity index (χ1v) is 13.0. The summed E-state index contributed by atoms with van der Waals surface area (Å²) in [7, 11) is 1.72. The lowest BCUT2D eigenvalue weighted by molar-refractivity contribution is 0.122. The number of aryl methyl sites for hydroxylation is 1. The summed E-state index contributed by atoms with van der Waals surface area (Å²) in [4.78, 5) is 30.1. The first-order chi connectivity index (χ1) is 18.3. The van der Waals surface area contributed by atoms with Gasteiger partial charge in [0, 0.05) is 43.3 Å². The molecule has 9 heteroatoms. The van der Waals surface area contributed by atoms with E-state index in [1.54, 1.807) is 35.9 Å². The number of hydrogen-bond donors (Lipinski definition) is 0. The number of hydrogen-bond acceptors (Lipinski definition) is 5. The average Bonchev–Trinajstić information content (AvgIpc) is 2.93. The number of benzene rings is 1. The first-order valence-electron chi connectivity index (χ1n) is 12.6. The normalized spacial score (nSPS) is 18.9. The molecular formula is C29H28ClFN6O. The molecule has 0 radical (unpaired) electrons. The van der Waals surface area contributed by atoms with E-state index < -0.39 is 0 Å². The van der Waals surface area contributed by atoms with Gasteiger partial charge in [0.05, 0.1) is 29.1 Å². The molecule has 0 spiro atoms. The van der Waals surface area contributed by atoms with Crippen molar-refractivity contribution in [3.8, 4) is 0 Å². The van der Waals surface area contributed by atoms with Gasteiger partial charge in [0.1, 0.15) is 5.82 Å². The summed E-state index contributed by atoms with van der Waals surface area (Å²) >= 11 is 6.19. The maximum absolute atomic E-state index is 13.8. The van der Waals surface area contributed by atoms with Crippen molar-refractivity contribution in [2.45, 2.75) is 38.4 Å². The van der Waals surface area contributed by atoms with Crippen molar-refractivity contribution in [3.63, 3.8) is 0 Å². The van der Waals surface area contributed by atoms with Crippen LogP contribution >= 0.6 is 11.6 Å². The molecule has 3 aromatic heterocycles. The molecule has 0 N–H and O–H groups in total. The fraction of sp³-hybridized carbons (Fsp3) is 0.310. The Hall–Kier alpha value is -3.80. The number of fused-ring (bicyclic) bond motifs is 1. The molecule has 194 valence electrons. The number of piperazine rings is 1. The maximum atomic E-state index is 13.8. The Morgan fingerprint density at radius 1 is 1.16 bits per heavy atom. The second kappa shape index (κ2) is 10.5. The fourth-order valence-corrected chi connectivity index (χ4v) is 5.50. The lowest BCUT2D eigenvalue weighted by Gasteiger charge is -2.49. The minimum Gasteiger partial charge on any atom is -0.362 e. The topological polar surface area (TPSA) is 58.6 Å². The van der Waals surface area contributed by atoms with Gasteiger partial charge in [0.2, 0.25) is 5.52 Å². The molecule has 1 unspecified atom stereocenters. The zero-order chi connectivity index (χ0) is 27.0. The summed E-state index contributed by atoms with van der Waals surface area (Å²) in [5.74, 6) is -0.0842. The standard InChI is InChI=1S/C29H28ClFN6O/c1-5-22-17-36(29(19-6-8-20(30)9-7-19)23-11-10-21(31)15-33-23)18(2)16-37(22)25-14-27(38)35(4)24-12-13-26(32-3)34-28(24)25/h6-15,18,22,29H,5,16-17H2,1-2,4H3/t18-,22+,29?/m1/s1. The van der Waals surface area contributed by atoms with E-state index in [0.29, 0.717) is 35.0 Å². The Balaban J connectivity index is 1.58. The largest absolute Gasteiger partial charge is 0.362 e. The minimum absolute atomic E-state index is 0.0495. The third-order valence-corrected chi connectivity index (χ3v) is 7.64. The highest BCUT2D eigenvalue weighted by Gasteiger charge is 2.38. The minimum atomic E-state index is -0.378. The van der Waals surface area contributed by atoms with E-state index in [9.17, 15) is 9.18 Å². The van der Waals surface area contributed by atoms with Gasteiger partial charge >= 0.3 is 0 Å². The van der Waals surface area contributed by atoms with Gasteiger partial charge in [-0.3, -0.25) is 14.7 Å². The van der Waals surface area contributed by atoms with Gasteiger partial charge in [-0.15, -0.1) is 4.98 Å². The van der Waals surface area contributed by atoms with Crippen molar-refractivity contribution >= 4 is 34.1 Å². The van der Waals surface area contributed by atoms with Crippen LogP contribution < -0.4 is 10.5 Å². The molecule has 38 heavy (non-hydrogen) atoms. The smallest absolute Gasteiger partial charge is 0.270 e. The summed E-state index contributed by atoms with van der Waals surface area (Å²) in [6.07, 6.45) is 2.08. The summed E-state index contributed by atoms with van der Waals surface area (Å²) in [6.45, 7) is 13.0. The molecule has 3 atom stereocenters. The molecular weight excluding hydrogens is 503 g/mol. The Morgan fingerprint density at radius 2 is 1.92 bits per heavy atom. The quantitative estimate of drug-likeness (QED) is 0.307. The number of anilines is 1. The van der Waals surface area contributed by atoms with Crippen LogP contribution in [0.5, 0.6) is 0 Å². The van der Waals surface area contributed by atoms with Gasteiger partial charge in [-0.2, -0.15) is 0 Å². The molecule has 0 saturated carbocycles. The number of nitrogens with zero attached hydrogens (tertiary/aromatic N) is 6. The SMILES string of the molecule is [C-]#[N+]c1ccc2c(n1)c(N1C[C@@H](C)N(C(c3ccc(Cl)cc3)c3ccc(F)cn3)C[C@@H]1CC)cc(=O)n2C. The third-order valence-electron chi connectivity index (χ3n) is 7.39. The van der Waals surface area contributed by atoms with E-state index in [2.05, 4.69) is 38.5 Å². The van der Waals surface area contributed by atoms with Crippen LogP contribution in [0.15, 0.2) is 65.6 Å². The van der Waals surface area contributed by atoms with E-state index in [-0.39, 0.29) is 29.5 Å². The molecule has 1 aromatic carbocycles. The fourth-order valence-electron chi connectivity index (χ4n) is 5.37. The van der Waals surface area contributed by atoms with Crippen molar-refractivity contribution in [2.75, 3.05) is 18.0 Å². The van der Waals surface area contributed by atoms with Crippen LogP contribution in [-0.4, -0.2) is 44.6 Å². The van der Waals surface area contributed by atoms with E-state index >= 15 is 0 Å². The molecule has 4 aromatic rings. The van der Waals surface area contributed by atoms with Gasteiger partial charge in [0.25, 0.3) is 11.4 Å². The average molecular weight is 531 g/mol.